The van der Waals surface area contributed by atoms with Crippen molar-refractivity contribution in [3.05, 3.63) is 28.3 Å². The largest absolute Gasteiger partial charge is 0.483 e. The Morgan fingerprint density at radius 1 is 1.30 bits per heavy atom. The highest BCUT2D eigenvalue weighted by molar-refractivity contribution is 7.91. The van der Waals surface area contributed by atoms with Crippen LogP contribution in [0.15, 0.2) is 12.1 Å². The number of carbonyl (C=O) groups excluding carboxylic acids is 1. The Morgan fingerprint density at radius 3 is 2.48 bits per heavy atom. The molecule has 1 aliphatic heterocycles. The zero-order valence-electron chi connectivity index (χ0n) is 16.8. The maximum Gasteiger partial charge on any atom is 0.260 e. The van der Waals surface area contributed by atoms with Gasteiger partial charge in [0.1, 0.15) is 5.75 Å². The van der Waals surface area contributed by atoms with Crippen LogP contribution in [-0.2, 0) is 14.6 Å². The van der Waals surface area contributed by atoms with Crippen LogP contribution >= 0.6 is 11.6 Å². The average Bonchev–Trinajstić information content (AvgIpc) is 2.92. The Balaban J connectivity index is 2.15. The molecule has 1 amide bonds. The molecule has 0 spiro atoms. The molecule has 1 aliphatic rings. The summed E-state index contributed by atoms with van der Waals surface area (Å²) in [4.78, 5) is 14.6. The number of halogens is 1. The van der Waals surface area contributed by atoms with Crippen molar-refractivity contribution in [2.24, 2.45) is 5.92 Å². The maximum atomic E-state index is 12.9. The van der Waals surface area contributed by atoms with Gasteiger partial charge in [0.2, 0.25) is 0 Å². The van der Waals surface area contributed by atoms with Crippen molar-refractivity contribution in [3.63, 3.8) is 0 Å². The minimum Gasteiger partial charge on any atom is -0.483 e. The first-order chi connectivity index (χ1) is 12.5. The number of ether oxygens (including phenoxy) is 1. The molecule has 0 saturated carbocycles. The van der Waals surface area contributed by atoms with Crippen molar-refractivity contribution < 1.29 is 17.9 Å². The van der Waals surface area contributed by atoms with E-state index in [2.05, 4.69) is 0 Å². The molecule has 152 valence electrons. The topological polar surface area (TPSA) is 63.7 Å². The van der Waals surface area contributed by atoms with Gasteiger partial charge in [-0.2, -0.15) is 0 Å². The minimum absolute atomic E-state index is 0.0444. The predicted octanol–water partition coefficient (Wildman–Crippen LogP) is 3.82. The van der Waals surface area contributed by atoms with E-state index in [-0.39, 0.29) is 41.9 Å². The number of aryl methyl sites for hydroxylation is 1. The van der Waals surface area contributed by atoms with Crippen LogP contribution in [0.5, 0.6) is 5.75 Å². The summed E-state index contributed by atoms with van der Waals surface area (Å²) in [6, 6.07) is 3.49. The van der Waals surface area contributed by atoms with Crippen molar-refractivity contribution in [3.8, 4) is 5.75 Å². The molecule has 5 nitrogen and oxygen atoms in total. The van der Waals surface area contributed by atoms with E-state index >= 15 is 0 Å². The standard InChI is InChI=1S/C20H30ClNO4S/c1-13(2)10-22(16-6-7-27(24,25)12-16)20(23)11-26-19-8-15(5)18(21)9-17(19)14(3)4/h8-9,13-14,16H,6-7,10-12H2,1-5H3. The van der Waals surface area contributed by atoms with E-state index < -0.39 is 9.84 Å². The Bertz CT molecular complexity index is 789. The molecule has 1 aromatic carbocycles. The average molecular weight is 416 g/mol. The van der Waals surface area contributed by atoms with Crippen molar-refractivity contribution in [1.82, 2.24) is 4.90 Å². The predicted molar refractivity (Wildman–Crippen MR) is 109 cm³/mol. The maximum absolute atomic E-state index is 12.9. The molecule has 7 heteroatoms. The second-order valence-corrected chi connectivity index (χ2v) is 10.7. The SMILES string of the molecule is Cc1cc(OCC(=O)N(CC(C)C)C2CCS(=O)(=O)C2)c(C(C)C)cc1Cl. The molecule has 1 atom stereocenters. The highest BCUT2D eigenvalue weighted by atomic mass is 35.5. The fraction of sp³-hybridized carbons (Fsp3) is 0.650. The monoisotopic (exact) mass is 415 g/mol. The molecule has 0 aliphatic carbocycles. The van der Waals surface area contributed by atoms with E-state index in [1.807, 2.05) is 46.8 Å². The van der Waals surface area contributed by atoms with Gasteiger partial charge in [0.15, 0.2) is 16.4 Å². The van der Waals surface area contributed by atoms with Gasteiger partial charge < -0.3 is 9.64 Å². The van der Waals surface area contributed by atoms with Crippen LogP contribution in [0.25, 0.3) is 0 Å². The van der Waals surface area contributed by atoms with Crippen LogP contribution in [0.4, 0.5) is 0 Å². The third-order valence-corrected chi connectivity index (χ3v) is 6.95. The Morgan fingerprint density at radius 2 is 1.96 bits per heavy atom. The fourth-order valence-electron chi connectivity index (χ4n) is 3.34. The van der Waals surface area contributed by atoms with E-state index in [1.54, 1.807) is 4.90 Å². The van der Waals surface area contributed by atoms with Gasteiger partial charge in [0, 0.05) is 17.6 Å². The number of nitrogens with zero attached hydrogens (tertiary/aromatic N) is 1. The smallest absolute Gasteiger partial charge is 0.260 e. The highest BCUT2D eigenvalue weighted by Gasteiger charge is 2.35. The van der Waals surface area contributed by atoms with E-state index in [9.17, 15) is 13.2 Å². The lowest BCUT2D eigenvalue weighted by Crippen LogP contribution is -2.45. The van der Waals surface area contributed by atoms with Crippen molar-refractivity contribution in [2.75, 3.05) is 24.7 Å². The fourth-order valence-corrected chi connectivity index (χ4v) is 5.24. The summed E-state index contributed by atoms with van der Waals surface area (Å²) in [5, 5.41) is 0.676. The zero-order chi connectivity index (χ0) is 20.4. The van der Waals surface area contributed by atoms with Gasteiger partial charge in [-0.25, -0.2) is 8.42 Å². The molecule has 1 fully saturated rings. The minimum atomic E-state index is -3.05. The molecular weight excluding hydrogens is 386 g/mol. The second-order valence-electron chi connectivity index (χ2n) is 8.08. The summed E-state index contributed by atoms with van der Waals surface area (Å²) in [5.41, 5.74) is 1.85. The van der Waals surface area contributed by atoms with Crippen LogP contribution in [0.1, 0.15) is 51.2 Å². The van der Waals surface area contributed by atoms with Gasteiger partial charge in [-0.15, -0.1) is 0 Å². The van der Waals surface area contributed by atoms with Crippen LogP contribution in [0, 0.1) is 12.8 Å². The molecule has 0 radical (unpaired) electrons. The first-order valence-electron chi connectivity index (χ1n) is 9.43. The summed E-state index contributed by atoms with van der Waals surface area (Å²) in [6.45, 7) is 10.4. The molecule has 1 heterocycles. The van der Waals surface area contributed by atoms with E-state index in [4.69, 9.17) is 16.3 Å². The van der Waals surface area contributed by atoms with Crippen LogP contribution < -0.4 is 4.74 Å². The Labute approximate surface area is 167 Å². The van der Waals surface area contributed by atoms with Crippen molar-refractivity contribution in [1.29, 1.82) is 0 Å². The van der Waals surface area contributed by atoms with Crippen LogP contribution in [0.2, 0.25) is 5.02 Å². The van der Waals surface area contributed by atoms with Crippen molar-refractivity contribution in [2.45, 2.75) is 53.0 Å². The first kappa shape index (κ1) is 22.0. The van der Waals surface area contributed by atoms with Gasteiger partial charge in [-0.05, 0) is 48.4 Å². The number of hydrogen-bond donors (Lipinski definition) is 0. The summed E-state index contributed by atoms with van der Waals surface area (Å²) in [7, 11) is -3.05. The lowest BCUT2D eigenvalue weighted by atomic mass is 10.0. The summed E-state index contributed by atoms with van der Waals surface area (Å²) >= 11 is 6.23. The number of carbonyl (C=O) groups is 1. The number of sulfone groups is 1. The number of benzene rings is 1. The van der Waals surface area contributed by atoms with Crippen LogP contribution in [-0.4, -0.2) is 49.9 Å². The lowest BCUT2D eigenvalue weighted by Gasteiger charge is -2.30. The van der Waals surface area contributed by atoms with Crippen LogP contribution in [0.3, 0.4) is 0 Å². The summed E-state index contributed by atoms with van der Waals surface area (Å²) < 4.78 is 29.6. The zero-order valence-corrected chi connectivity index (χ0v) is 18.4. The molecule has 1 saturated heterocycles. The lowest BCUT2D eigenvalue weighted by molar-refractivity contribution is -0.135. The Kier molecular flexibility index (Phi) is 7.20. The van der Waals surface area contributed by atoms with Gasteiger partial charge in [-0.3, -0.25) is 4.79 Å². The molecular formula is C20H30ClNO4S. The number of hydrogen-bond acceptors (Lipinski definition) is 4. The number of amides is 1. The van der Waals surface area contributed by atoms with Gasteiger partial charge in [-0.1, -0.05) is 39.3 Å². The molecule has 0 bridgehead atoms. The normalized spacial score (nSPS) is 18.9. The Hall–Kier alpha value is -1.27. The van der Waals surface area contributed by atoms with Gasteiger partial charge in [0.25, 0.3) is 5.91 Å². The van der Waals surface area contributed by atoms with E-state index in [1.165, 1.54) is 0 Å². The third kappa shape index (κ3) is 5.85. The molecule has 1 aromatic rings. The van der Waals surface area contributed by atoms with E-state index in [0.717, 1.165) is 11.1 Å². The first-order valence-corrected chi connectivity index (χ1v) is 11.6. The number of rotatable bonds is 7. The van der Waals surface area contributed by atoms with Gasteiger partial charge in [0.05, 0.1) is 11.5 Å². The second kappa shape index (κ2) is 8.82. The molecule has 2 rings (SSSR count). The van der Waals surface area contributed by atoms with Crippen molar-refractivity contribution >= 4 is 27.3 Å². The molecule has 1 unspecified atom stereocenters. The third-order valence-electron chi connectivity index (χ3n) is 4.80. The molecule has 27 heavy (non-hydrogen) atoms. The summed E-state index contributed by atoms with van der Waals surface area (Å²) in [5.74, 6) is 1.13. The highest BCUT2D eigenvalue weighted by Crippen LogP contribution is 2.32. The molecule has 0 N–H and O–H groups in total. The molecule has 0 aromatic heterocycles. The summed E-state index contributed by atoms with van der Waals surface area (Å²) in [6.07, 6.45) is 0.498. The van der Waals surface area contributed by atoms with E-state index in [0.29, 0.717) is 23.7 Å². The van der Waals surface area contributed by atoms with Gasteiger partial charge >= 0.3 is 0 Å². The quantitative estimate of drug-likeness (QED) is 0.679.